The van der Waals surface area contributed by atoms with Crippen molar-refractivity contribution in [3.05, 3.63) is 30.1 Å². The van der Waals surface area contributed by atoms with Crippen LogP contribution in [0.4, 0.5) is 0 Å². The van der Waals surface area contributed by atoms with E-state index in [0.717, 1.165) is 32.1 Å². The van der Waals surface area contributed by atoms with Crippen molar-refractivity contribution >= 4 is 0 Å². The number of hydrogen-bond donors (Lipinski definition) is 0. The molecule has 4 rings (SSSR count). The summed E-state index contributed by atoms with van der Waals surface area (Å²) in [6.45, 7) is 6.25. The molecule has 1 aliphatic heterocycles. The number of likely N-dealkylation sites (tertiary alicyclic amines) is 1. The van der Waals surface area contributed by atoms with E-state index >= 15 is 0 Å². The number of nitrogens with zero attached hydrogens (tertiary/aromatic N) is 6. The highest BCUT2D eigenvalue weighted by Crippen LogP contribution is 2.34. The van der Waals surface area contributed by atoms with Crippen LogP contribution in [-0.2, 0) is 19.6 Å². The molecular weight excluding hydrogens is 288 g/mol. The van der Waals surface area contributed by atoms with Gasteiger partial charge in [-0.05, 0) is 45.1 Å². The highest BCUT2D eigenvalue weighted by atomic mass is 15.3. The summed E-state index contributed by atoms with van der Waals surface area (Å²) in [7, 11) is 0. The van der Waals surface area contributed by atoms with E-state index in [4.69, 9.17) is 0 Å². The summed E-state index contributed by atoms with van der Waals surface area (Å²) >= 11 is 0. The van der Waals surface area contributed by atoms with Crippen LogP contribution in [0.5, 0.6) is 0 Å². The van der Waals surface area contributed by atoms with E-state index in [-0.39, 0.29) is 0 Å². The Morgan fingerprint density at radius 1 is 1.22 bits per heavy atom. The normalized spacial score (nSPS) is 22.6. The van der Waals surface area contributed by atoms with Gasteiger partial charge in [-0.2, -0.15) is 5.10 Å². The average molecular weight is 314 g/mol. The number of piperidine rings is 1. The molecule has 1 saturated heterocycles. The van der Waals surface area contributed by atoms with Gasteiger partial charge in [0.25, 0.3) is 0 Å². The number of rotatable bonds is 6. The van der Waals surface area contributed by atoms with Gasteiger partial charge in [-0.1, -0.05) is 6.42 Å². The summed E-state index contributed by atoms with van der Waals surface area (Å²) in [5, 5.41) is 13.1. The smallest absolute Gasteiger partial charge is 0.150 e. The number of aromatic nitrogens is 5. The van der Waals surface area contributed by atoms with Crippen molar-refractivity contribution in [2.45, 2.75) is 64.7 Å². The lowest BCUT2D eigenvalue weighted by Gasteiger charge is -2.34. The molecule has 2 aliphatic rings. The molecule has 3 heterocycles. The Bertz CT molecular complexity index is 641. The zero-order valence-corrected chi connectivity index (χ0v) is 13.9. The molecule has 0 spiro atoms. The summed E-state index contributed by atoms with van der Waals surface area (Å²) in [6.07, 6.45) is 12.6. The molecular formula is C17H26N6. The third-order valence-corrected chi connectivity index (χ3v) is 5.11. The van der Waals surface area contributed by atoms with Crippen LogP contribution in [-0.4, -0.2) is 36.0 Å². The lowest BCUT2D eigenvalue weighted by atomic mass is 10.0. The second kappa shape index (κ2) is 6.43. The van der Waals surface area contributed by atoms with Gasteiger partial charge in [-0.15, -0.1) is 10.2 Å². The topological polar surface area (TPSA) is 51.8 Å². The first-order valence-electron chi connectivity index (χ1n) is 8.96. The molecule has 2 aromatic rings. The minimum absolute atomic E-state index is 0.398. The van der Waals surface area contributed by atoms with Gasteiger partial charge in [0.05, 0.1) is 12.2 Å². The van der Waals surface area contributed by atoms with Gasteiger partial charge in [0, 0.05) is 31.4 Å². The fourth-order valence-corrected chi connectivity index (χ4v) is 3.61. The van der Waals surface area contributed by atoms with Gasteiger partial charge < -0.3 is 4.57 Å². The van der Waals surface area contributed by atoms with E-state index in [0.29, 0.717) is 6.04 Å². The minimum atomic E-state index is 0.398. The lowest BCUT2D eigenvalue weighted by molar-refractivity contribution is 0.130. The Kier molecular flexibility index (Phi) is 4.16. The third-order valence-electron chi connectivity index (χ3n) is 5.11. The van der Waals surface area contributed by atoms with Crippen LogP contribution >= 0.6 is 0 Å². The van der Waals surface area contributed by atoms with Crippen molar-refractivity contribution < 1.29 is 0 Å². The molecule has 2 aromatic heterocycles. The second-order valence-electron chi connectivity index (χ2n) is 6.97. The zero-order valence-electron chi connectivity index (χ0n) is 13.9. The van der Waals surface area contributed by atoms with Gasteiger partial charge in [0.1, 0.15) is 12.2 Å². The third kappa shape index (κ3) is 3.32. The predicted molar refractivity (Wildman–Crippen MR) is 87.6 cm³/mol. The van der Waals surface area contributed by atoms with E-state index in [1.54, 1.807) is 0 Å². The van der Waals surface area contributed by atoms with Crippen LogP contribution in [0.3, 0.4) is 0 Å². The molecule has 0 N–H and O–H groups in total. The molecule has 1 atom stereocenters. The van der Waals surface area contributed by atoms with Crippen LogP contribution in [0.2, 0.25) is 0 Å². The van der Waals surface area contributed by atoms with Crippen molar-refractivity contribution in [3.63, 3.8) is 0 Å². The van der Waals surface area contributed by atoms with Crippen molar-refractivity contribution in [2.75, 3.05) is 6.54 Å². The van der Waals surface area contributed by atoms with Crippen LogP contribution < -0.4 is 0 Å². The summed E-state index contributed by atoms with van der Waals surface area (Å²) in [5.41, 5.74) is 1.30. The average Bonchev–Trinajstić information content (AvgIpc) is 3.08. The first-order chi connectivity index (χ1) is 11.3. The first kappa shape index (κ1) is 14.9. The molecule has 0 unspecified atom stereocenters. The van der Waals surface area contributed by atoms with Crippen molar-refractivity contribution in [1.29, 1.82) is 0 Å². The maximum Gasteiger partial charge on any atom is 0.150 e. The molecule has 2 fully saturated rings. The molecule has 0 bridgehead atoms. The van der Waals surface area contributed by atoms with E-state index in [9.17, 15) is 0 Å². The minimum Gasteiger partial charge on any atom is -0.316 e. The molecule has 1 saturated carbocycles. The maximum absolute atomic E-state index is 4.48. The van der Waals surface area contributed by atoms with E-state index in [2.05, 4.69) is 37.9 Å². The van der Waals surface area contributed by atoms with Crippen molar-refractivity contribution in [2.24, 2.45) is 5.92 Å². The van der Waals surface area contributed by atoms with Crippen LogP contribution in [0.25, 0.3) is 0 Å². The van der Waals surface area contributed by atoms with Gasteiger partial charge in [0.2, 0.25) is 0 Å². The van der Waals surface area contributed by atoms with Gasteiger partial charge in [-0.25, -0.2) is 0 Å². The van der Waals surface area contributed by atoms with Crippen molar-refractivity contribution in [3.8, 4) is 0 Å². The molecule has 0 amide bonds. The van der Waals surface area contributed by atoms with E-state index in [1.165, 1.54) is 43.5 Å². The molecule has 0 radical (unpaired) electrons. The first-order valence-corrected chi connectivity index (χ1v) is 8.96. The van der Waals surface area contributed by atoms with Crippen LogP contribution in [0, 0.1) is 5.92 Å². The van der Waals surface area contributed by atoms with Crippen LogP contribution in [0.1, 0.15) is 56.5 Å². The fraction of sp³-hybridized carbons (Fsp3) is 0.706. The highest BCUT2D eigenvalue weighted by molar-refractivity contribution is 5.06. The van der Waals surface area contributed by atoms with Gasteiger partial charge in [0.15, 0.2) is 0 Å². The lowest BCUT2D eigenvalue weighted by Crippen LogP contribution is -2.34. The SMILES string of the molecule is CCn1cc(CN2CCCC[C@H]2c2nncn2CC2CC2)cn1. The van der Waals surface area contributed by atoms with Crippen molar-refractivity contribution in [1.82, 2.24) is 29.4 Å². The number of aryl methyl sites for hydroxylation is 1. The Labute approximate surface area is 137 Å². The number of hydrogen-bond acceptors (Lipinski definition) is 4. The second-order valence-corrected chi connectivity index (χ2v) is 6.97. The van der Waals surface area contributed by atoms with Crippen LogP contribution in [0.15, 0.2) is 18.7 Å². The fourth-order valence-electron chi connectivity index (χ4n) is 3.61. The van der Waals surface area contributed by atoms with Gasteiger partial charge in [-0.3, -0.25) is 9.58 Å². The summed E-state index contributed by atoms with van der Waals surface area (Å²) in [5.74, 6) is 2.02. The molecule has 1 aliphatic carbocycles. The summed E-state index contributed by atoms with van der Waals surface area (Å²) in [4.78, 5) is 2.56. The molecule has 0 aromatic carbocycles. The highest BCUT2D eigenvalue weighted by Gasteiger charge is 2.30. The Morgan fingerprint density at radius 2 is 2.13 bits per heavy atom. The molecule has 124 valence electrons. The Morgan fingerprint density at radius 3 is 2.91 bits per heavy atom. The largest absolute Gasteiger partial charge is 0.316 e. The maximum atomic E-state index is 4.48. The van der Waals surface area contributed by atoms with E-state index in [1.807, 2.05) is 17.2 Å². The Balaban J connectivity index is 1.51. The quantitative estimate of drug-likeness (QED) is 0.822. The summed E-state index contributed by atoms with van der Waals surface area (Å²) < 4.78 is 4.31. The monoisotopic (exact) mass is 314 g/mol. The summed E-state index contributed by atoms with van der Waals surface area (Å²) in [6, 6.07) is 0.398. The molecule has 6 nitrogen and oxygen atoms in total. The molecule has 23 heavy (non-hydrogen) atoms. The Hall–Kier alpha value is -1.69. The zero-order chi connectivity index (χ0) is 15.6. The standard InChI is InChI=1S/C17H26N6/c1-2-23-12-15(9-19-23)11-21-8-4-3-5-16(21)17-20-18-13-22(17)10-14-6-7-14/h9,12-14,16H,2-8,10-11H2,1H3/t16-/m0/s1. The predicted octanol–water partition coefficient (Wildman–Crippen LogP) is 2.63. The van der Waals surface area contributed by atoms with Gasteiger partial charge >= 0.3 is 0 Å². The molecule has 6 heteroatoms. The van der Waals surface area contributed by atoms with E-state index < -0.39 is 0 Å².